The maximum atomic E-state index is 13.8. The SMILES string of the molecule is CN1C(C)(C)CC(c2c(C(=O)[O-])c(C(=O)[O-])c(C3CC(C)(C)N(C)C(C)(C)C3)c(C3CC(C)(C)N(C)C(C)(C)C3)c2C(=O)[O-])CC1(C)C. The van der Waals surface area contributed by atoms with Crippen molar-refractivity contribution >= 4 is 17.9 Å². The van der Waals surface area contributed by atoms with Crippen LogP contribution in [0.15, 0.2) is 0 Å². The zero-order valence-electron chi connectivity index (χ0n) is 32.3. The normalized spacial score (nSPS) is 26.3. The molecular weight excluding hydrogens is 606 g/mol. The van der Waals surface area contributed by atoms with E-state index in [2.05, 4.69) is 105 Å². The molecule has 1 aromatic rings. The van der Waals surface area contributed by atoms with Crippen molar-refractivity contribution in [3.63, 3.8) is 0 Å². The minimum absolute atomic E-state index is 0.0307. The quantitative estimate of drug-likeness (QED) is 0.444. The molecule has 1 aromatic carbocycles. The first-order valence-electron chi connectivity index (χ1n) is 17.6. The molecule has 0 N–H and O–H groups in total. The second-order valence-electron chi connectivity index (χ2n) is 19.1. The van der Waals surface area contributed by atoms with Crippen LogP contribution in [0.3, 0.4) is 0 Å². The highest BCUT2D eigenvalue weighted by Crippen LogP contribution is 2.55. The summed E-state index contributed by atoms with van der Waals surface area (Å²) in [5.74, 6) is -6.16. The van der Waals surface area contributed by atoms with Crippen molar-refractivity contribution in [2.45, 2.75) is 173 Å². The van der Waals surface area contributed by atoms with Crippen LogP contribution in [0.5, 0.6) is 0 Å². The lowest BCUT2D eigenvalue weighted by Gasteiger charge is -2.57. The Hall–Kier alpha value is -2.49. The fraction of sp³-hybridized carbons (Fsp3) is 0.769. The molecule has 4 rings (SSSR count). The van der Waals surface area contributed by atoms with Crippen molar-refractivity contribution in [1.82, 2.24) is 14.7 Å². The lowest BCUT2D eigenvalue weighted by Crippen LogP contribution is -2.59. The summed E-state index contributed by atoms with van der Waals surface area (Å²) in [6.45, 7) is 25.1. The highest BCUT2D eigenvalue weighted by atomic mass is 16.4. The fourth-order valence-corrected chi connectivity index (χ4v) is 10.4. The molecule has 270 valence electrons. The van der Waals surface area contributed by atoms with Crippen LogP contribution in [0.25, 0.3) is 0 Å². The number of piperidine rings is 3. The van der Waals surface area contributed by atoms with Gasteiger partial charge in [0.15, 0.2) is 0 Å². The van der Waals surface area contributed by atoms with Crippen LogP contribution < -0.4 is 15.3 Å². The van der Waals surface area contributed by atoms with Gasteiger partial charge in [0, 0.05) is 49.9 Å². The predicted molar refractivity (Wildman–Crippen MR) is 183 cm³/mol. The van der Waals surface area contributed by atoms with Gasteiger partial charge in [-0.2, -0.15) is 0 Å². The fourth-order valence-electron chi connectivity index (χ4n) is 10.4. The van der Waals surface area contributed by atoms with Gasteiger partial charge >= 0.3 is 0 Å². The first-order valence-corrected chi connectivity index (χ1v) is 17.6. The standard InChI is InChI=1S/C39H63N3O6/c1-34(2)16-22(17-35(3,4)40(34)13)25-26(23-18-36(5,6)41(14)37(7,8)19-23)29(32(45)46)30(33(47)48)27(28(25)31(43)44)24-20-38(9,10)42(15)39(11,12)21-24/h22-24H,16-21H2,1-15H3,(H,43,44)(H,45,46)(H,47,48)/p-3. The molecule has 0 atom stereocenters. The van der Waals surface area contributed by atoms with Crippen molar-refractivity contribution in [1.29, 1.82) is 0 Å². The molecule has 3 heterocycles. The smallest absolute Gasteiger partial charge is 0.0725 e. The minimum atomic E-state index is -1.69. The predicted octanol–water partition coefficient (Wildman–Crippen LogP) is 3.88. The van der Waals surface area contributed by atoms with Gasteiger partial charge in [0.1, 0.15) is 0 Å². The molecule has 3 fully saturated rings. The number of nitrogens with zero attached hydrogens (tertiary/aromatic N) is 3. The molecule has 3 aliphatic rings. The summed E-state index contributed by atoms with van der Waals surface area (Å²) in [5.41, 5.74) is -2.78. The molecule has 0 radical (unpaired) electrons. The molecular formula is C39H60N3O6-3. The maximum absolute atomic E-state index is 13.8. The van der Waals surface area contributed by atoms with Crippen molar-refractivity contribution < 1.29 is 29.7 Å². The molecule has 0 aromatic heterocycles. The Morgan fingerprint density at radius 3 is 0.833 bits per heavy atom. The molecule has 0 unspecified atom stereocenters. The van der Waals surface area contributed by atoms with E-state index >= 15 is 0 Å². The summed E-state index contributed by atoms with van der Waals surface area (Å²) in [5, 5.41) is 40.7. The lowest BCUT2D eigenvalue weighted by molar-refractivity contribution is -0.260. The number of aromatic carboxylic acids is 3. The summed E-state index contributed by atoms with van der Waals surface area (Å²) < 4.78 is 0. The van der Waals surface area contributed by atoms with Gasteiger partial charge in [-0.1, -0.05) is 0 Å². The Kier molecular flexibility index (Phi) is 9.42. The van der Waals surface area contributed by atoms with E-state index in [-0.39, 0.29) is 28.1 Å². The largest absolute Gasteiger partial charge is 0.545 e. The van der Waals surface area contributed by atoms with E-state index in [1.165, 1.54) is 0 Å². The minimum Gasteiger partial charge on any atom is -0.545 e. The molecule has 3 aliphatic heterocycles. The van der Waals surface area contributed by atoms with E-state index < -0.39 is 63.0 Å². The van der Waals surface area contributed by atoms with Crippen molar-refractivity contribution in [3.05, 3.63) is 33.4 Å². The number of rotatable bonds is 6. The highest BCUT2D eigenvalue weighted by Gasteiger charge is 2.51. The van der Waals surface area contributed by atoms with E-state index in [1.54, 1.807) is 0 Å². The van der Waals surface area contributed by atoms with Gasteiger partial charge < -0.3 is 29.7 Å². The molecule has 0 amide bonds. The van der Waals surface area contributed by atoms with Crippen LogP contribution in [-0.4, -0.2) is 87.0 Å². The van der Waals surface area contributed by atoms with Gasteiger partial charge in [-0.15, -0.1) is 0 Å². The monoisotopic (exact) mass is 666 g/mol. The number of carbonyl (C=O) groups excluding carboxylic acids is 3. The molecule has 0 spiro atoms. The first kappa shape index (κ1) is 38.3. The summed E-state index contributed by atoms with van der Waals surface area (Å²) in [7, 11) is 6.13. The number of carboxylic acids is 3. The zero-order valence-corrected chi connectivity index (χ0v) is 32.3. The molecule has 9 heteroatoms. The van der Waals surface area contributed by atoms with Crippen LogP contribution >= 0.6 is 0 Å². The van der Waals surface area contributed by atoms with Gasteiger partial charge in [-0.3, -0.25) is 14.7 Å². The third kappa shape index (κ3) is 6.32. The Morgan fingerprint density at radius 2 is 0.604 bits per heavy atom. The Labute approximate surface area is 289 Å². The molecule has 0 saturated carbocycles. The third-order valence-corrected chi connectivity index (χ3v) is 13.4. The Bertz CT molecular complexity index is 1450. The van der Waals surface area contributed by atoms with Crippen LogP contribution in [0.2, 0.25) is 0 Å². The number of carboxylic acid groups (broad SMARTS) is 3. The molecule has 9 nitrogen and oxygen atoms in total. The third-order valence-electron chi connectivity index (χ3n) is 13.4. The zero-order chi connectivity index (χ0) is 36.9. The van der Waals surface area contributed by atoms with Gasteiger partial charge in [0.25, 0.3) is 0 Å². The van der Waals surface area contributed by atoms with Gasteiger partial charge in [0.2, 0.25) is 0 Å². The van der Waals surface area contributed by atoms with E-state index in [4.69, 9.17) is 0 Å². The maximum Gasteiger partial charge on any atom is 0.0725 e. The lowest BCUT2D eigenvalue weighted by atomic mass is 9.62. The highest BCUT2D eigenvalue weighted by molar-refractivity contribution is 6.07. The summed E-state index contributed by atoms with van der Waals surface area (Å²) >= 11 is 0. The van der Waals surface area contributed by atoms with E-state index in [9.17, 15) is 29.7 Å². The molecule has 3 saturated heterocycles. The van der Waals surface area contributed by atoms with Crippen molar-refractivity contribution in [2.75, 3.05) is 21.1 Å². The summed E-state index contributed by atoms with van der Waals surface area (Å²) in [6.07, 6.45) is 2.98. The number of hydrogen-bond acceptors (Lipinski definition) is 9. The second-order valence-corrected chi connectivity index (χ2v) is 19.1. The number of hydrogen-bond donors (Lipinski definition) is 0. The van der Waals surface area contributed by atoms with Gasteiger partial charge in [-0.05, 0) is 177 Å². The number of benzene rings is 1. The van der Waals surface area contributed by atoms with Crippen LogP contribution in [0, 0.1) is 0 Å². The van der Waals surface area contributed by atoms with Crippen LogP contribution in [-0.2, 0) is 0 Å². The molecule has 0 aliphatic carbocycles. The Morgan fingerprint density at radius 1 is 0.417 bits per heavy atom. The van der Waals surface area contributed by atoms with Gasteiger partial charge in [0.05, 0.1) is 17.9 Å². The van der Waals surface area contributed by atoms with E-state index in [0.717, 1.165) is 0 Å². The summed E-state index contributed by atoms with van der Waals surface area (Å²) in [6, 6.07) is 0. The second kappa shape index (κ2) is 11.8. The average Bonchev–Trinajstić information content (AvgIpc) is 2.90. The Balaban J connectivity index is 2.25. The summed E-state index contributed by atoms with van der Waals surface area (Å²) in [4.78, 5) is 47.5. The topological polar surface area (TPSA) is 130 Å². The number of likely N-dealkylation sites (tertiary alicyclic amines) is 3. The van der Waals surface area contributed by atoms with Crippen LogP contribution in [0.4, 0.5) is 0 Å². The van der Waals surface area contributed by atoms with E-state index in [1.807, 2.05) is 14.1 Å². The first-order chi connectivity index (χ1) is 21.5. The van der Waals surface area contributed by atoms with Crippen molar-refractivity contribution in [2.24, 2.45) is 0 Å². The molecule has 48 heavy (non-hydrogen) atoms. The average molecular weight is 667 g/mol. The van der Waals surface area contributed by atoms with E-state index in [0.29, 0.717) is 49.7 Å². The van der Waals surface area contributed by atoms with Crippen molar-refractivity contribution in [3.8, 4) is 0 Å². The van der Waals surface area contributed by atoms with Gasteiger partial charge in [-0.25, -0.2) is 0 Å². The number of carbonyl (C=O) groups is 3. The molecule has 0 bridgehead atoms. The van der Waals surface area contributed by atoms with Crippen LogP contribution in [0.1, 0.15) is 187 Å².